The van der Waals surface area contributed by atoms with E-state index in [0.717, 1.165) is 4.90 Å². The summed E-state index contributed by atoms with van der Waals surface area (Å²) in [6, 6.07) is 7.08. The second kappa shape index (κ2) is 6.44. The van der Waals surface area contributed by atoms with Gasteiger partial charge in [0.05, 0.1) is 5.56 Å². The van der Waals surface area contributed by atoms with Gasteiger partial charge in [-0.05, 0) is 32.2 Å². The van der Waals surface area contributed by atoms with Gasteiger partial charge in [-0.15, -0.1) is 11.8 Å². The van der Waals surface area contributed by atoms with Crippen LogP contribution in [0.3, 0.4) is 0 Å². The smallest absolute Gasteiger partial charge is 0.323 e. The molecule has 0 radical (unpaired) electrons. The van der Waals surface area contributed by atoms with Gasteiger partial charge in [-0.2, -0.15) is 0 Å². The van der Waals surface area contributed by atoms with E-state index in [-0.39, 0.29) is 18.5 Å². The molecule has 4 nitrogen and oxygen atoms in total. The normalized spacial score (nSPS) is 10.4. The zero-order valence-corrected chi connectivity index (χ0v) is 11.5. The van der Waals surface area contributed by atoms with E-state index in [0.29, 0.717) is 5.56 Å². The molecule has 0 atom stereocenters. The molecular weight excluding hydrogens is 250 g/mol. The lowest BCUT2D eigenvalue weighted by molar-refractivity contribution is -0.138. The fraction of sp³-hybridized carbons (Fsp3) is 0.385. The van der Waals surface area contributed by atoms with Gasteiger partial charge in [0, 0.05) is 10.9 Å². The maximum absolute atomic E-state index is 12.4. The number of hydrogen-bond donors (Lipinski definition) is 1. The predicted octanol–water partition coefficient (Wildman–Crippen LogP) is 2.34. The molecular formula is C13H17NO3S. The molecule has 0 fully saturated rings. The number of thioether (sulfide) groups is 1. The largest absolute Gasteiger partial charge is 0.480 e. The SMILES string of the molecule is CSc1ccccc1C(=O)N(CC(=O)O)C(C)C. The van der Waals surface area contributed by atoms with Gasteiger partial charge in [-0.1, -0.05) is 12.1 Å². The maximum atomic E-state index is 12.4. The molecule has 98 valence electrons. The summed E-state index contributed by atoms with van der Waals surface area (Å²) in [5.74, 6) is -1.24. The molecule has 0 aromatic heterocycles. The molecule has 1 amide bonds. The molecule has 0 bridgehead atoms. The highest BCUT2D eigenvalue weighted by Gasteiger charge is 2.22. The van der Waals surface area contributed by atoms with Crippen LogP contribution in [0.15, 0.2) is 29.2 Å². The second-order valence-electron chi connectivity index (χ2n) is 4.12. The van der Waals surface area contributed by atoms with Crippen molar-refractivity contribution in [3.63, 3.8) is 0 Å². The number of carbonyl (C=O) groups is 2. The van der Waals surface area contributed by atoms with Crippen LogP contribution in [-0.4, -0.2) is 40.7 Å². The first-order chi connectivity index (χ1) is 8.47. The summed E-state index contributed by atoms with van der Waals surface area (Å²) in [4.78, 5) is 25.4. The van der Waals surface area contributed by atoms with Crippen LogP contribution >= 0.6 is 11.8 Å². The van der Waals surface area contributed by atoms with E-state index in [2.05, 4.69) is 0 Å². The molecule has 18 heavy (non-hydrogen) atoms. The summed E-state index contributed by atoms with van der Waals surface area (Å²) >= 11 is 1.48. The number of rotatable bonds is 5. The third-order valence-electron chi connectivity index (χ3n) is 2.53. The van der Waals surface area contributed by atoms with Gasteiger partial charge in [-0.25, -0.2) is 0 Å². The average Bonchev–Trinajstić information content (AvgIpc) is 2.34. The van der Waals surface area contributed by atoms with Crippen LogP contribution in [0.2, 0.25) is 0 Å². The van der Waals surface area contributed by atoms with Crippen molar-refractivity contribution >= 4 is 23.6 Å². The van der Waals surface area contributed by atoms with Crippen LogP contribution in [0.25, 0.3) is 0 Å². The highest BCUT2D eigenvalue weighted by Crippen LogP contribution is 2.22. The summed E-state index contributed by atoms with van der Waals surface area (Å²) in [5, 5.41) is 8.86. The molecule has 0 aliphatic heterocycles. The highest BCUT2D eigenvalue weighted by molar-refractivity contribution is 7.98. The van der Waals surface area contributed by atoms with Crippen LogP contribution in [0.4, 0.5) is 0 Å². The summed E-state index contributed by atoms with van der Waals surface area (Å²) in [5.41, 5.74) is 0.556. The minimum atomic E-state index is -1.00. The number of nitrogens with zero attached hydrogens (tertiary/aromatic N) is 1. The van der Waals surface area contributed by atoms with Gasteiger partial charge in [0.25, 0.3) is 5.91 Å². The van der Waals surface area contributed by atoms with Crippen molar-refractivity contribution in [2.75, 3.05) is 12.8 Å². The first-order valence-corrected chi connectivity index (χ1v) is 6.85. The summed E-state index contributed by atoms with van der Waals surface area (Å²) < 4.78 is 0. The van der Waals surface area contributed by atoms with Crippen molar-refractivity contribution in [3.05, 3.63) is 29.8 Å². The number of carbonyl (C=O) groups excluding carboxylic acids is 1. The molecule has 0 aliphatic rings. The minimum Gasteiger partial charge on any atom is -0.480 e. The van der Waals surface area contributed by atoms with E-state index in [1.165, 1.54) is 16.7 Å². The van der Waals surface area contributed by atoms with Crippen molar-refractivity contribution in [2.45, 2.75) is 24.8 Å². The van der Waals surface area contributed by atoms with Gasteiger partial charge in [0.1, 0.15) is 6.54 Å². The van der Waals surface area contributed by atoms with Crippen LogP contribution in [-0.2, 0) is 4.79 Å². The lowest BCUT2D eigenvalue weighted by Crippen LogP contribution is -2.40. The molecule has 0 aliphatic carbocycles. The summed E-state index contributed by atoms with van der Waals surface area (Å²) in [6.45, 7) is 3.34. The molecule has 0 spiro atoms. The Kier molecular flexibility index (Phi) is 5.22. The monoisotopic (exact) mass is 267 g/mol. The third kappa shape index (κ3) is 3.50. The van der Waals surface area contributed by atoms with Crippen molar-refractivity contribution in [3.8, 4) is 0 Å². The van der Waals surface area contributed by atoms with Crippen LogP contribution < -0.4 is 0 Å². The Morgan fingerprint density at radius 1 is 1.33 bits per heavy atom. The predicted molar refractivity (Wildman–Crippen MR) is 72.0 cm³/mol. The zero-order valence-electron chi connectivity index (χ0n) is 10.7. The Hall–Kier alpha value is -1.49. The fourth-order valence-corrected chi connectivity index (χ4v) is 2.20. The fourth-order valence-electron chi connectivity index (χ4n) is 1.61. The van der Waals surface area contributed by atoms with Crippen molar-refractivity contribution in [1.29, 1.82) is 0 Å². The highest BCUT2D eigenvalue weighted by atomic mass is 32.2. The molecule has 0 heterocycles. The summed E-state index contributed by atoms with van der Waals surface area (Å²) in [6.07, 6.45) is 1.89. The van der Waals surface area contributed by atoms with Crippen molar-refractivity contribution in [1.82, 2.24) is 4.90 Å². The number of benzene rings is 1. The molecule has 0 saturated carbocycles. The number of carboxylic acids is 1. The topological polar surface area (TPSA) is 57.6 Å². The Balaban J connectivity index is 3.05. The average molecular weight is 267 g/mol. The molecule has 1 aromatic carbocycles. The summed E-state index contributed by atoms with van der Waals surface area (Å²) in [7, 11) is 0. The lowest BCUT2D eigenvalue weighted by Gasteiger charge is -2.25. The third-order valence-corrected chi connectivity index (χ3v) is 3.32. The van der Waals surface area contributed by atoms with E-state index in [1.807, 2.05) is 32.2 Å². The maximum Gasteiger partial charge on any atom is 0.323 e. The molecule has 1 aromatic rings. The Morgan fingerprint density at radius 3 is 2.44 bits per heavy atom. The number of aliphatic carboxylic acids is 1. The van der Waals surface area contributed by atoms with E-state index >= 15 is 0 Å². The van der Waals surface area contributed by atoms with E-state index in [9.17, 15) is 9.59 Å². The first kappa shape index (κ1) is 14.6. The molecule has 1 N–H and O–H groups in total. The van der Waals surface area contributed by atoms with Crippen LogP contribution in [0.5, 0.6) is 0 Å². The molecule has 0 unspecified atom stereocenters. The molecule has 0 saturated heterocycles. The van der Waals surface area contributed by atoms with E-state index in [4.69, 9.17) is 5.11 Å². The van der Waals surface area contributed by atoms with Crippen LogP contribution in [0.1, 0.15) is 24.2 Å². The molecule has 5 heteroatoms. The van der Waals surface area contributed by atoms with Gasteiger partial charge in [0.2, 0.25) is 0 Å². The number of carboxylic acid groups (broad SMARTS) is 1. The van der Waals surface area contributed by atoms with E-state index in [1.54, 1.807) is 12.1 Å². The van der Waals surface area contributed by atoms with Gasteiger partial charge < -0.3 is 10.0 Å². The minimum absolute atomic E-state index is 0.150. The van der Waals surface area contributed by atoms with Crippen molar-refractivity contribution < 1.29 is 14.7 Å². The first-order valence-electron chi connectivity index (χ1n) is 5.63. The zero-order chi connectivity index (χ0) is 13.7. The quantitative estimate of drug-likeness (QED) is 0.832. The van der Waals surface area contributed by atoms with E-state index < -0.39 is 5.97 Å². The van der Waals surface area contributed by atoms with Gasteiger partial charge in [-0.3, -0.25) is 9.59 Å². The number of hydrogen-bond acceptors (Lipinski definition) is 3. The standard InChI is InChI=1S/C13H17NO3S/c1-9(2)14(8-12(15)16)13(17)10-6-4-5-7-11(10)18-3/h4-7,9H,8H2,1-3H3,(H,15,16). The second-order valence-corrected chi connectivity index (χ2v) is 4.97. The van der Waals surface area contributed by atoms with Crippen LogP contribution in [0, 0.1) is 0 Å². The Bertz CT molecular complexity index is 446. The van der Waals surface area contributed by atoms with Gasteiger partial charge >= 0.3 is 5.97 Å². The van der Waals surface area contributed by atoms with Gasteiger partial charge in [0.15, 0.2) is 0 Å². The Morgan fingerprint density at radius 2 is 1.94 bits per heavy atom. The molecule has 1 rings (SSSR count). The Labute approximate surface area is 111 Å². The lowest BCUT2D eigenvalue weighted by atomic mass is 10.1. The van der Waals surface area contributed by atoms with Crippen molar-refractivity contribution in [2.24, 2.45) is 0 Å². The number of amides is 1.